The average Bonchev–Trinajstić information content (AvgIpc) is 3.62. The van der Waals surface area contributed by atoms with Crippen LogP contribution in [0.5, 0.6) is 11.8 Å². The average molecular weight is 578 g/mol. The lowest BCUT2D eigenvalue weighted by atomic mass is 10.0. The van der Waals surface area contributed by atoms with E-state index in [2.05, 4.69) is 29.2 Å². The Morgan fingerprint density at radius 3 is 2.16 bits per heavy atom. The number of likely N-dealkylation sites (tertiary alicyclic amines) is 1. The van der Waals surface area contributed by atoms with E-state index >= 15 is 0 Å². The maximum atomic E-state index is 12.9. The van der Waals surface area contributed by atoms with Gasteiger partial charge in [-0.25, -0.2) is 4.79 Å². The lowest BCUT2D eigenvalue weighted by molar-refractivity contribution is 0.0228. The third-order valence-electron chi connectivity index (χ3n) is 7.98. The molecule has 3 heterocycles. The van der Waals surface area contributed by atoms with Gasteiger partial charge in [-0.1, -0.05) is 72.8 Å². The highest BCUT2D eigenvalue weighted by molar-refractivity contribution is 5.74. The van der Waals surface area contributed by atoms with Gasteiger partial charge in [0.15, 0.2) is 0 Å². The van der Waals surface area contributed by atoms with Gasteiger partial charge in [-0.3, -0.25) is 0 Å². The van der Waals surface area contributed by atoms with Crippen molar-refractivity contribution >= 4 is 11.8 Å². The van der Waals surface area contributed by atoms with Crippen LogP contribution in [0.15, 0.2) is 97.1 Å². The molecule has 7 nitrogen and oxygen atoms in total. The number of pyridine rings is 1. The van der Waals surface area contributed by atoms with E-state index in [1.54, 1.807) is 0 Å². The van der Waals surface area contributed by atoms with Crippen LogP contribution in [0.4, 0.5) is 10.5 Å². The van der Waals surface area contributed by atoms with Crippen LogP contribution in [0.3, 0.4) is 0 Å². The SMILES string of the molecule is CC(C)(C)OC(=O)N1CC[C@H]2[C@@H]1CCN2c1cccc(-c2ccc(OCc3ccccc3)nc2OCc2ccccc2)c1. The molecule has 0 radical (unpaired) electrons. The quantitative estimate of drug-likeness (QED) is 0.216. The first-order chi connectivity index (χ1) is 20.8. The van der Waals surface area contributed by atoms with Gasteiger partial charge in [0.25, 0.3) is 0 Å². The first kappa shape index (κ1) is 28.6. The summed E-state index contributed by atoms with van der Waals surface area (Å²) in [5.41, 5.74) is 4.70. The second-order valence-electron chi connectivity index (χ2n) is 12.2. The Balaban J connectivity index is 1.23. The topological polar surface area (TPSA) is 64.1 Å². The molecule has 6 rings (SSSR count). The number of nitrogens with zero attached hydrogens (tertiary/aromatic N) is 3. The Kier molecular flexibility index (Phi) is 8.23. The van der Waals surface area contributed by atoms with Crippen LogP contribution in [0.2, 0.25) is 0 Å². The van der Waals surface area contributed by atoms with E-state index in [0.717, 1.165) is 47.3 Å². The molecule has 0 spiro atoms. The summed E-state index contributed by atoms with van der Waals surface area (Å²) >= 11 is 0. The fourth-order valence-corrected chi connectivity index (χ4v) is 6.00. The number of fused-ring (bicyclic) bond motifs is 1. The van der Waals surface area contributed by atoms with Gasteiger partial charge in [-0.05, 0) is 68.5 Å². The molecular formula is C36H39N3O4. The molecule has 3 aromatic carbocycles. The molecular weight excluding hydrogens is 538 g/mol. The summed E-state index contributed by atoms with van der Waals surface area (Å²) in [4.78, 5) is 22.1. The van der Waals surface area contributed by atoms with Crippen LogP contribution in [0, 0.1) is 0 Å². The van der Waals surface area contributed by atoms with E-state index < -0.39 is 5.60 Å². The van der Waals surface area contributed by atoms with Gasteiger partial charge in [0.05, 0.1) is 12.1 Å². The minimum Gasteiger partial charge on any atom is -0.473 e. The van der Waals surface area contributed by atoms with Crippen molar-refractivity contribution in [2.24, 2.45) is 0 Å². The van der Waals surface area contributed by atoms with E-state index in [0.29, 0.717) is 31.5 Å². The number of ether oxygens (including phenoxy) is 3. The Bertz CT molecular complexity index is 1540. The maximum absolute atomic E-state index is 12.9. The molecule has 2 fully saturated rings. The lowest BCUT2D eigenvalue weighted by Gasteiger charge is -2.29. The summed E-state index contributed by atoms with van der Waals surface area (Å²) < 4.78 is 18.1. The van der Waals surface area contributed by atoms with Crippen molar-refractivity contribution in [3.8, 4) is 22.9 Å². The lowest BCUT2D eigenvalue weighted by Crippen LogP contribution is -2.42. The van der Waals surface area contributed by atoms with Crippen LogP contribution < -0.4 is 14.4 Å². The largest absolute Gasteiger partial charge is 0.473 e. The molecule has 222 valence electrons. The smallest absolute Gasteiger partial charge is 0.410 e. The third kappa shape index (κ3) is 6.77. The number of anilines is 1. The van der Waals surface area contributed by atoms with Gasteiger partial charge in [-0.2, -0.15) is 4.98 Å². The molecule has 0 saturated carbocycles. The third-order valence-corrected chi connectivity index (χ3v) is 7.98. The molecule has 0 bridgehead atoms. The van der Waals surface area contributed by atoms with Crippen molar-refractivity contribution in [2.75, 3.05) is 18.0 Å². The standard InChI is InChI=1S/C36H39N3O4/c1-36(2,3)43-35(40)39-22-20-31-32(39)19-21-38(31)29-16-10-15-28(23-29)30-17-18-33(41-24-26-11-6-4-7-12-26)37-34(30)42-25-27-13-8-5-9-14-27/h4-18,23,31-32H,19-22,24-25H2,1-3H3/t31-,32-/m0/s1. The zero-order valence-electron chi connectivity index (χ0n) is 25.1. The molecule has 1 aromatic heterocycles. The van der Waals surface area contributed by atoms with Gasteiger partial charge in [0.1, 0.15) is 18.8 Å². The van der Waals surface area contributed by atoms with E-state index in [1.807, 2.05) is 98.5 Å². The highest BCUT2D eigenvalue weighted by Crippen LogP contribution is 2.39. The maximum Gasteiger partial charge on any atom is 0.410 e. The number of carbonyl (C=O) groups excluding carboxylic acids is 1. The predicted octanol–water partition coefficient (Wildman–Crippen LogP) is 7.49. The summed E-state index contributed by atoms with van der Waals surface area (Å²) in [7, 11) is 0. The number of hydrogen-bond donors (Lipinski definition) is 0. The van der Waals surface area contributed by atoms with E-state index in [-0.39, 0.29) is 18.2 Å². The zero-order valence-corrected chi connectivity index (χ0v) is 25.1. The number of carbonyl (C=O) groups is 1. The number of rotatable bonds is 8. The molecule has 4 aromatic rings. The normalized spacial score (nSPS) is 17.9. The van der Waals surface area contributed by atoms with Crippen LogP contribution in [-0.4, -0.2) is 46.8 Å². The first-order valence-electron chi connectivity index (χ1n) is 15.1. The second-order valence-corrected chi connectivity index (χ2v) is 12.2. The van der Waals surface area contributed by atoms with Crippen molar-refractivity contribution in [2.45, 2.75) is 64.5 Å². The highest BCUT2D eigenvalue weighted by atomic mass is 16.6. The van der Waals surface area contributed by atoms with E-state index in [1.165, 1.54) is 0 Å². The van der Waals surface area contributed by atoms with Crippen molar-refractivity contribution in [1.29, 1.82) is 0 Å². The van der Waals surface area contributed by atoms with Crippen LogP contribution >= 0.6 is 0 Å². The first-order valence-corrected chi connectivity index (χ1v) is 15.1. The molecule has 2 atom stereocenters. The Morgan fingerprint density at radius 1 is 0.791 bits per heavy atom. The predicted molar refractivity (Wildman–Crippen MR) is 168 cm³/mol. The summed E-state index contributed by atoms with van der Waals surface area (Å²) in [6.45, 7) is 8.18. The van der Waals surface area contributed by atoms with Crippen molar-refractivity contribution in [3.05, 3.63) is 108 Å². The minimum absolute atomic E-state index is 0.158. The van der Waals surface area contributed by atoms with Crippen LogP contribution in [-0.2, 0) is 18.0 Å². The number of aromatic nitrogens is 1. The summed E-state index contributed by atoms with van der Waals surface area (Å²) in [5.74, 6) is 1.05. The summed E-state index contributed by atoms with van der Waals surface area (Å²) in [6.07, 6.45) is 1.64. The molecule has 0 aliphatic carbocycles. The van der Waals surface area contributed by atoms with Crippen LogP contribution in [0.25, 0.3) is 11.1 Å². The molecule has 2 aliphatic rings. The fourth-order valence-electron chi connectivity index (χ4n) is 6.00. The Morgan fingerprint density at radius 2 is 1.47 bits per heavy atom. The molecule has 0 unspecified atom stereocenters. The van der Waals surface area contributed by atoms with Crippen LogP contribution in [0.1, 0.15) is 44.7 Å². The summed E-state index contributed by atoms with van der Waals surface area (Å²) in [6, 6.07) is 33.0. The van der Waals surface area contributed by atoms with Gasteiger partial charge in [-0.15, -0.1) is 0 Å². The minimum atomic E-state index is -0.502. The fraction of sp³-hybridized carbons (Fsp3) is 0.333. The van der Waals surface area contributed by atoms with Gasteiger partial charge < -0.3 is 24.0 Å². The van der Waals surface area contributed by atoms with Gasteiger partial charge in [0, 0.05) is 30.4 Å². The number of hydrogen-bond acceptors (Lipinski definition) is 6. The molecule has 2 aliphatic heterocycles. The Labute approximate surface area is 254 Å². The van der Waals surface area contributed by atoms with E-state index in [9.17, 15) is 4.79 Å². The monoisotopic (exact) mass is 577 g/mol. The highest BCUT2D eigenvalue weighted by Gasteiger charge is 2.45. The number of benzene rings is 3. The molecule has 43 heavy (non-hydrogen) atoms. The molecule has 7 heteroatoms. The Hall–Kier alpha value is -4.52. The van der Waals surface area contributed by atoms with Gasteiger partial charge >= 0.3 is 6.09 Å². The molecule has 0 N–H and O–H groups in total. The van der Waals surface area contributed by atoms with E-state index in [4.69, 9.17) is 19.2 Å². The van der Waals surface area contributed by atoms with Crippen molar-refractivity contribution in [3.63, 3.8) is 0 Å². The second kappa shape index (κ2) is 12.4. The summed E-state index contributed by atoms with van der Waals surface area (Å²) in [5, 5.41) is 0. The zero-order chi connectivity index (χ0) is 29.8. The number of amides is 1. The molecule has 2 saturated heterocycles. The molecule has 1 amide bonds. The van der Waals surface area contributed by atoms with Crippen molar-refractivity contribution in [1.82, 2.24) is 9.88 Å². The van der Waals surface area contributed by atoms with Crippen molar-refractivity contribution < 1.29 is 19.0 Å². The van der Waals surface area contributed by atoms with Gasteiger partial charge in [0.2, 0.25) is 11.8 Å².